The predicted molar refractivity (Wildman–Crippen MR) is 78.7 cm³/mol. The van der Waals surface area contributed by atoms with Crippen LogP contribution in [-0.4, -0.2) is 23.0 Å². The number of allylic oxidation sites excluding steroid dienone is 2. The highest BCUT2D eigenvalue weighted by Crippen LogP contribution is 2.25. The lowest BCUT2D eigenvalue weighted by atomic mass is 10.0. The predicted octanol–water partition coefficient (Wildman–Crippen LogP) is 2.30. The van der Waals surface area contributed by atoms with Crippen LogP contribution in [0.15, 0.2) is 60.0 Å². The Morgan fingerprint density at radius 1 is 1.45 bits per heavy atom. The molecule has 0 radical (unpaired) electrons. The van der Waals surface area contributed by atoms with Crippen LogP contribution in [0.2, 0.25) is 0 Å². The third kappa shape index (κ3) is 2.91. The van der Waals surface area contributed by atoms with Gasteiger partial charge in [0.15, 0.2) is 0 Å². The molecule has 1 heterocycles. The number of hydrogen-bond acceptors (Lipinski definition) is 3. The van der Waals surface area contributed by atoms with E-state index in [1.54, 1.807) is 25.2 Å². The van der Waals surface area contributed by atoms with Gasteiger partial charge in [-0.05, 0) is 36.3 Å². The summed E-state index contributed by atoms with van der Waals surface area (Å²) in [6, 6.07) is 7.05. The fraction of sp³-hybridized carbons (Fsp3) is 0.188. The molecule has 0 unspecified atom stereocenters. The van der Waals surface area contributed by atoms with Gasteiger partial charge in [0.25, 0.3) is 5.91 Å². The topological polar surface area (TPSA) is 52.6 Å². The first-order valence-corrected chi connectivity index (χ1v) is 6.37. The van der Waals surface area contributed by atoms with E-state index in [9.17, 15) is 9.90 Å². The standard InChI is InChI=1S/C16H18N2O2/c1-11-7-15(16(20)17-3)12(2)18(9-11)10-13-5-4-6-14(19)8-13/h4-9,19H,2,10H2,1,3H3,(H,17,20). The van der Waals surface area contributed by atoms with E-state index in [-0.39, 0.29) is 11.7 Å². The van der Waals surface area contributed by atoms with Crippen LogP contribution >= 0.6 is 0 Å². The summed E-state index contributed by atoms with van der Waals surface area (Å²) in [4.78, 5) is 13.8. The van der Waals surface area contributed by atoms with Crippen LogP contribution in [0.25, 0.3) is 0 Å². The van der Waals surface area contributed by atoms with E-state index in [2.05, 4.69) is 11.9 Å². The number of phenols is 1. The normalized spacial score (nSPS) is 14.7. The number of aromatic hydroxyl groups is 1. The van der Waals surface area contributed by atoms with E-state index in [4.69, 9.17) is 0 Å². The Labute approximate surface area is 118 Å². The molecule has 0 aliphatic carbocycles. The van der Waals surface area contributed by atoms with E-state index >= 15 is 0 Å². The Kier molecular flexibility index (Phi) is 3.94. The molecule has 2 rings (SSSR count). The Bertz CT molecular complexity index is 615. The van der Waals surface area contributed by atoms with Crippen molar-refractivity contribution in [2.24, 2.45) is 0 Å². The fourth-order valence-electron chi connectivity index (χ4n) is 2.15. The monoisotopic (exact) mass is 270 g/mol. The largest absolute Gasteiger partial charge is 0.508 e. The third-order valence-corrected chi connectivity index (χ3v) is 3.12. The van der Waals surface area contributed by atoms with Crippen molar-refractivity contribution in [1.82, 2.24) is 10.2 Å². The fourth-order valence-corrected chi connectivity index (χ4v) is 2.15. The van der Waals surface area contributed by atoms with Crippen molar-refractivity contribution < 1.29 is 9.90 Å². The minimum absolute atomic E-state index is 0.150. The van der Waals surface area contributed by atoms with Crippen LogP contribution in [0, 0.1) is 0 Å². The van der Waals surface area contributed by atoms with E-state index in [1.807, 2.05) is 30.2 Å². The van der Waals surface area contributed by atoms with Gasteiger partial charge in [0.05, 0.1) is 5.57 Å². The summed E-state index contributed by atoms with van der Waals surface area (Å²) < 4.78 is 0. The first-order chi connectivity index (χ1) is 9.51. The number of amides is 1. The molecule has 0 saturated heterocycles. The average molecular weight is 270 g/mol. The number of carbonyl (C=O) groups is 1. The van der Waals surface area contributed by atoms with Crippen molar-refractivity contribution in [1.29, 1.82) is 0 Å². The van der Waals surface area contributed by atoms with Gasteiger partial charge in [-0.1, -0.05) is 18.7 Å². The van der Waals surface area contributed by atoms with Crippen LogP contribution in [0.1, 0.15) is 12.5 Å². The Hall–Kier alpha value is -2.49. The smallest absolute Gasteiger partial charge is 0.253 e. The molecule has 1 amide bonds. The number of nitrogens with one attached hydrogen (secondary N) is 1. The van der Waals surface area contributed by atoms with Gasteiger partial charge in [-0.3, -0.25) is 4.79 Å². The number of phenolic OH excluding ortho intramolecular Hbond substituents is 1. The van der Waals surface area contributed by atoms with Crippen molar-refractivity contribution in [3.8, 4) is 5.75 Å². The van der Waals surface area contributed by atoms with Crippen LogP contribution in [-0.2, 0) is 11.3 Å². The molecule has 0 atom stereocenters. The first-order valence-electron chi connectivity index (χ1n) is 6.37. The molecule has 1 aromatic rings. The van der Waals surface area contributed by atoms with Gasteiger partial charge in [0.1, 0.15) is 5.75 Å². The Morgan fingerprint density at radius 3 is 2.85 bits per heavy atom. The number of benzene rings is 1. The zero-order chi connectivity index (χ0) is 14.7. The molecule has 0 fully saturated rings. The van der Waals surface area contributed by atoms with Crippen molar-refractivity contribution in [2.75, 3.05) is 7.05 Å². The quantitative estimate of drug-likeness (QED) is 0.886. The van der Waals surface area contributed by atoms with E-state index < -0.39 is 0 Å². The van der Waals surface area contributed by atoms with Crippen LogP contribution in [0.3, 0.4) is 0 Å². The lowest BCUT2D eigenvalue weighted by Gasteiger charge is -2.28. The molecular weight excluding hydrogens is 252 g/mol. The molecular formula is C16H18N2O2. The van der Waals surface area contributed by atoms with E-state index in [1.165, 1.54) is 0 Å². The number of hydrogen-bond donors (Lipinski definition) is 2. The summed E-state index contributed by atoms with van der Waals surface area (Å²) >= 11 is 0. The van der Waals surface area contributed by atoms with Gasteiger partial charge in [-0.25, -0.2) is 0 Å². The molecule has 0 saturated carbocycles. The second-order valence-electron chi connectivity index (χ2n) is 4.75. The van der Waals surface area contributed by atoms with Crippen molar-refractivity contribution in [3.05, 3.63) is 65.5 Å². The molecule has 1 aliphatic heterocycles. The Balaban J connectivity index is 2.24. The highest BCUT2D eigenvalue weighted by atomic mass is 16.3. The molecule has 0 aromatic heterocycles. The maximum atomic E-state index is 11.8. The maximum absolute atomic E-state index is 11.8. The molecule has 4 nitrogen and oxygen atoms in total. The summed E-state index contributed by atoms with van der Waals surface area (Å²) in [5, 5.41) is 12.1. The number of carbonyl (C=O) groups excluding carboxylic acids is 1. The molecule has 4 heteroatoms. The van der Waals surface area contributed by atoms with Crippen molar-refractivity contribution in [3.63, 3.8) is 0 Å². The number of likely N-dealkylation sites (N-methyl/N-ethyl adjacent to an activating group) is 1. The first kappa shape index (κ1) is 13.9. The minimum Gasteiger partial charge on any atom is -0.508 e. The molecule has 104 valence electrons. The summed E-state index contributed by atoms with van der Waals surface area (Å²) in [7, 11) is 1.60. The molecule has 0 spiro atoms. The molecule has 2 N–H and O–H groups in total. The zero-order valence-electron chi connectivity index (χ0n) is 11.7. The van der Waals surface area contributed by atoms with E-state index in [0.29, 0.717) is 17.8 Å². The van der Waals surface area contributed by atoms with Crippen LogP contribution < -0.4 is 5.32 Å². The van der Waals surface area contributed by atoms with Gasteiger partial charge in [0.2, 0.25) is 0 Å². The van der Waals surface area contributed by atoms with E-state index in [0.717, 1.165) is 11.1 Å². The van der Waals surface area contributed by atoms with Crippen molar-refractivity contribution >= 4 is 5.91 Å². The summed E-state index contributed by atoms with van der Waals surface area (Å²) in [5.41, 5.74) is 3.15. The van der Waals surface area contributed by atoms with Crippen LogP contribution in [0.4, 0.5) is 0 Å². The molecule has 1 aromatic carbocycles. The lowest BCUT2D eigenvalue weighted by Crippen LogP contribution is -2.28. The van der Waals surface area contributed by atoms with Gasteiger partial charge in [-0.15, -0.1) is 0 Å². The highest BCUT2D eigenvalue weighted by Gasteiger charge is 2.20. The number of rotatable bonds is 3. The second-order valence-corrected chi connectivity index (χ2v) is 4.75. The van der Waals surface area contributed by atoms with Gasteiger partial charge in [0, 0.05) is 25.5 Å². The third-order valence-electron chi connectivity index (χ3n) is 3.12. The molecule has 0 bridgehead atoms. The molecule has 1 aliphatic rings. The highest BCUT2D eigenvalue weighted by molar-refractivity contribution is 5.98. The number of nitrogens with zero attached hydrogens (tertiary/aromatic N) is 1. The minimum atomic E-state index is -0.150. The zero-order valence-corrected chi connectivity index (χ0v) is 11.7. The SMILES string of the molecule is C=C1C(C(=O)NC)=CC(C)=CN1Cc1cccc(O)c1. The van der Waals surface area contributed by atoms with Crippen LogP contribution in [0.5, 0.6) is 5.75 Å². The lowest BCUT2D eigenvalue weighted by molar-refractivity contribution is -0.116. The van der Waals surface area contributed by atoms with Gasteiger partial charge >= 0.3 is 0 Å². The summed E-state index contributed by atoms with van der Waals surface area (Å²) in [6.45, 7) is 6.48. The van der Waals surface area contributed by atoms with Gasteiger partial charge < -0.3 is 15.3 Å². The van der Waals surface area contributed by atoms with Crippen molar-refractivity contribution in [2.45, 2.75) is 13.5 Å². The second kappa shape index (κ2) is 5.65. The summed E-state index contributed by atoms with van der Waals surface area (Å²) in [6.07, 6.45) is 3.76. The average Bonchev–Trinajstić information content (AvgIpc) is 2.41. The van der Waals surface area contributed by atoms with Gasteiger partial charge in [-0.2, -0.15) is 0 Å². The maximum Gasteiger partial charge on any atom is 0.253 e. The summed E-state index contributed by atoms with van der Waals surface area (Å²) in [5.74, 6) is 0.0799. The molecule has 20 heavy (non-hydrogen) atoms. The Morgan fingerprint density at radius 2 is 2.20 bits per heavy atom.